The summed E-state index contributed by atoms with van der Waals surface area (Å²) in [7, 11) is 1.29. The molecule has 1 unspecified atom stereocenters. The third kappa shape index (κ3) is 8.55. The van der Waals surface area contributed by atoms with E-state index in [1.54, 1.807) is 77.2 Å². The summed E-state index contributed by atoms with van der Waals surface area (Å²) in [6, 6.07) is 13.4. The number of tetrazole rings is 1. The molecule has 5 rings (SSSR count). The van der Waals surface area contributed by atoms with Gasteiger partial charge < -0.3 is 15.0 Å². The molecule has 13 nitrogen and oxygen atoms in total. The van der Waals surface area contributed by atoms with Crippen LogP contribution in [0.1, 0.15) is 36.6 Å². The van der Waals surface area contributed by atoms with Crippen LogP contribution in [-0.4, -0.2) is 71.4 Å². The highest BCUT2D eigenvalue weighted by Crippen LogP contribution is 2.32. The Morgan fingerprint density at radius 1 is 1.13 bits per heavy atom. The first-order valence-electron chi connectivity index (χ1n) is 14.1. The molecule has 16 heteroatoms. The number of hydrogen-bond donors (Lipinski definition) is 2. The highest BCUT2D eigenvalue weighted by molar-refractivity contribution is 14.1. The number of anilines is 1. The Morgan fingerprint density at radius 2 is 1.93 bits per heavy atom. The van der Waals surface area contributed by atoms with Gasteiger partial charge in [-0.15, -0.1) is 10.2 Å². The number of carbonyl (C=O) groups excluding carboxylic acids is 3. The molecule has 238 valence electrons. The first-order chi connectivity index (χ1) is 22.2. The molecule has 2 atom stereocenters. The monoisotopic (exact) mass is 775 g/mol. The van der Waals surface area contributed by atoms with Crippen molar-refractivity contribution >= 4 is 73.5 Å². The van der Waals surface area contributed by atoms with E-state index in [1.807, 2.05) is 4.90 Å². The van der Waals surface area contributed by atoms with Crippen molar-refractivity contribution in [2.45, 2.75) is 25.3 Å². The van der Waals surface area contributed by atoms with Crippen LogP contribution in [0.5, 0.6) is 0 Å². The third-order valence-electron chi connectivity index (χ3n) is 7.41. The first-order valence-corrected chi connectivity index (χ1v) is 16.0. The van der Waals surface area contributed by atoms with Crippen molar-refractivity contribution in [2.75, 3.05) is 25.5 Å². The Balaban J connectivity index is 1.42. The lowest BCUT2D eigenvalue weighted by atomic mass is 9.90. The number of ether oxygens (including phenoxy) is 1. The van der Waals surface area contributed by atoms with E-state index in [1.165, 1.54) is 24.2 Å². The fourth-order valence-electron chi connectivity index (χ4n) is 5.20. The SMILES string of the molecule is COC(=O)Nc1ccc(-c2cc([C@H](CC3CCCN(C(=O)I)C3)NC(=O)/C=C/c3cc(Cl)ccc3-n3cnnn3)nnc2Cl)cc1. The maximum absolute atomic E-state index is 13.4. The smallest absolute Gasteiger partial charge is 0.411 e. The van der Waals surface area contributed by atoms with E-state index in [0.717, 1.165) is 18.4 Å². The number of carbonyl (C=O) groups is 3. The van der Waals surface area contributed by atoms with Gasteiger partial charge in [0.1, 0.15) is 6.33 Å². The molecule has 2 aromatic heterocycles. The lowest BCUT2D eigenvalue weighted by molar-refractivity contribution is -0.117. The summed E-state index contributed by atoms with van der Waals surface area (Å²) >= 11 is 14.5. The van der Waals surface area contributed by atoms with Crippen molar-refractivity contribution in [3.63, 3.8) is 0 Å². The zero-order chi connectivity index (χ0) is 32.6. The Kier molecular flexibility index (Phi) is 11.1. The van der Waals surface area contributed by atoms with Gasteiger partial charge in [0.05, 0.1) is 24.5 Å². The minimum atomic E-state index is -0.584. The van der Waals surface area contributed by atoms with Crippen LogP contribution >= 0.6 is 45.8 Å². The van der Waals surface area contributed by atoms with Gasteiger partial charge in [-0.1, -0.05) is 35.3 Å². The van der Waals surface area contributed by atoms with Crippen LogP contribution in [-0.2, 0) is 9.53 Å². The molecule has 3 heterocycles. The molecule has 0 spiro atoms. The topological polar surface area (TPSA) is 157 Å². The number of halogens is 3. The molecule has 46 heavy (non-hydrogen) atoms. The van der Waals surface area contributed by atoms with Crippen molar-refractivity contribution in [3.05, 3.63) is 82.4 Å². The second kappa shape index (κ2) is 15.4. The number of methoxy groups -OCH3 is 1. The number of aromatic nitrogens is 6. The standard InChI is InChI=1S/C30H28Cl2IN9O4/c1-46-30(45)35-22-8-4-19(5-9-22)23-15-25(37-38-28(23)32)24(13-18-3-2-12-41(16-18)29(33)44)36-27(43)11-6-20-14-21(31)7-10-26(20)42-17-34-39-40-42/h4-11,14-15,17-18,24H,2-3,12-13,16H2,1H3,(H,35,45)(H,36,43)/b11-6+/t18?,24-/m0/s1. The van der Waals surface area contributed by atoms with Crippen LogP contribution in [0.3, 0.4) is 0 Å². The summed E-state index contributed by atoms with van der Waals surface area (Å²) < 4.78 is 6.11. The summed E-state index contributed by atoms with van der Waals surface area (Å²) in [5, 5.41) is 26.2. The molecular formula is C30H28Cl2IN9O4. The van der Waals surface area contributed by atoms with Gasteiger partial charge in [-0.05, 0) is 83.6 Å². The van der Waals surface area contributed by atoms with Crippen molar-refractivity contribution < 1.29 is 19.1 Å². The average molecular weight is 776 g/mol. The summed E-state index contributed by atoms with van der Waals surface area (Å²) in [6.45, 7) is 1.28. The largest absolute Gasteiger partial charge is 0.453 e. The fourth-order valence-corrected chi connectivity index (χ4v) is 6.02. The Hall–Kier alpha value is -4.15. The summed E-state index contributed by atoms with van der Waals surface area (Å²) in [6.07, 6.45) is 6.18. The van der Waals surface area contributed by atoms with Crippen LogP contribution in [0.25, 0.3) is 22.9 Å². The second-order valence-corrected chi connectivity index (χ2v) is 12.2. The van der Waals surface area contributed by atoms with Gasteiger partial charge >= 0.3 is 6.09 Å². The number of rotatable bonds is 9. The van der Waals surface area contributed by atoms with E-state index < -0.39 is 12.1 Å². The number of benzene rings is 2. The van der Waals surface area contributed by atoms with Crippen molar-refractivity contribution in [1.82, 2.24) is 40.6 Å². The number of nitrogens with one attached hydrogen (secondary N) is 2. The van der Waals surface area contributed by atoms with Gasteiger partial charge in [0.25, 0.3) is 3.91 Å². The molecule has 0 bridgehead atoms. The molecule has 1 aliphatic heterocycles. The zero-order valence-electron chi connectivity index (χ0n) is 24.4. The molecule has 2 N–H and O–H groups in total. The molecule has 0 saturated carbocycles. The molecule has 0 aliphatic carbocycles. The minimum absolute atomic E-state index is 0.00978. The molecule has 0 radical (unpaired) electrons. The molecule has 1 saturated heterocycles. The van der Waals surface area contributed by atoms with E-state index in [0.29, 0.717) is 52.7 Å². The number of piperidine rings is 1. The van der Waals surface area contributed by atoms with E-state index in [-0.39, 0.29) is 20.9 Å². The van der Waals surface area contributed by atoms with Crippen molar-refractivity contribution in [2.24, 2.45) is 5.92 Å². The average Bonchev–Trinajstić information content (AvgIpc) is 3.59. The highest BCUT2D eigenvalue weighted by Gasteiger charge is 2.28. The molecule has 1 fully saturated rings. The molecule has 3 amide bonds. The highest BCUT2D eigenvalue weighted by atomic mass is 127. The van der Waals surface area contributed by atoms with E-state index in [9.17, 15) is 14.4 Å². The Bertz CT molecular complexity index is 1740. The van der Waals surface area contributed by atoms with E-state index >= 15 is 0 Å². The van der Waals surface area contributed by atoms with Gasteiger partial charge in [-0.2, -0.15) is 9.78 Å². The molecule has 1 aliphatic rings. The van der Waals surface area contributed by atoms with Gasteiger partial charge in [0.15, 0.2) is 5.15 Å². The van der Waals surface area contributed by atoms with Gasteiger partial charge in [0.2, 0.25) is 5.91 Å². The van der Waals surface area contributed by atoms with Crippen molar-refractivity contribution in [3.8, 4) is 16.8 Å². The quantitative estimate of drug-likeness (QED) is 0.0884. The van der Waals surface area contributed by atoms with Gasteiger partial charge in [0, 0.05) is 63.6 Å². The molecule has 4 aromatic rings. The third-order valence-corrected chi connectivity index (χ3v) is 8.60. The number of hydrogen-bond acceptors (Lipinski definition) is 9. The molecule has 2 aromatic carbocycles. The lowest BCUT2D eigenvalue weighted by Gasteiger charge is -2.33. The van der Waals surface area contributed by atoms with Crippen LogP contribution in [0, 0.1) is 5.92 Å². The van der Waals surface area contributed by atoms with Crippen LogP contribution in [0.15, 0.2) is 60.9 Å². The first kappa shape index (κ1) is 33.2. The maximum atomic E-state index is 13.4. The summed E-state index contributed by atoms with van der Waals surface area (Å²) in [5.41, 5.74) is 3.66. The van der Waals surface area contributed by atoms with Gasteiger partial charge in [-0.25, -0.2) is 4.79 Å². The van der Waals surface area contributed by atoms with E-state index in [4.69, 9.17) is 23.2 Å². The fraction of sp³-hybridized carbons (Fsp3) is 0.267. The minimum Gasteiger partial charge on any atom is -0.453 e. The Labute approximate surface area is 287 Å². The normalized spacial score (nSPS) is 15.4. The number of likely N-dealkylation sites (tertiary alicyclic amines) is 1. The zero-order valence-corrected chi connectivity index (χ0v) is 28.1. The van der Waals surface area contributed by atoms with E-state index in [2.05, 4.69) is 41.1 Å². The van der Waals surface area contributed by atoms with Crippen LogP contribution < -0.4 is 10.6 Å². The second-order valence-electron chi connectivity index (χ2n) is 10.5. The Morgan fingerprint density at radius 3 is 2.65 bits per heavy atom. The number of amides is 3. The van der Waals surface area contributed by atoms with Crippen molar-refractivity contribution in [1.29, 1.82) is 0 Å². The summed E-state index contributed by atoms with van der Waals surface area (Å²) in [5.74, 6) is -0.257. The predicted molar refractivity (Wildman–Crippen MR) is 181 cm³/mol. The summed E-state index contributed by atoms with van der Waals surface area (Å²) in [4.78, 5) is 38.9. The van der Waals surface area contributed by atoms with Crippen LogP contribution in [0.4, 0.5) is 15.3 Å². The van der Waals surface area contributed by atoms with Gasteiger partial charge in [-0.3, -0.25) is 14.9 Å². The van der Waals surface area contributed by atoms with Crippen LogP contribution in [0.2, 0.25) is 10.2 Å². The lowest BCUT2D eigenvalue weighted by Crippen LogP contribution is -2.39. The number of nitrogens with zero attached hydrogens (tertiary/aromatic N) is 7. The predicted octanol–water partition coefficient (Wildman–Crippen LogP) is 6.13. The molecular weight excluding hydrogens is 748 g/mol. The maximum Gasteiger partial charge on any atom is 0.411 e.